The largest absolute Gasteiger partial charge is 0.449 e. The first-order valence-corrected chi connectivity index (χ1v) is 14.4. The number of rotatable bonds is 9. The molecule has 1 aliphatic heterocycles. The zero-order chi connectivity index (χ0) is 25.7. The summed E-state index contributed by atoms with van der Waals surface area (Å²) in [6.45, 7) is 4.31. The zero-order valence-electron chi connectivity index (χ0n) is 20.3. The number of carbonyl (C=O) groups is 2. The number of nitrogens with zero attached hydrogens (tertiary/aromatic N) is 2. The Morgan fingerprint density at radius 2 is 1.89 bits per heavy atom. The molecule has 0 spiro atoms. The van der Waals surface area contributed by atoms with Crippen LogP contribution in [0.4, 0.5) is 4.79 Å². The fourth-order valence-corrected chi connectivity index (χ4v) is 6.27. The third-order valence-corrected chi connectivity index (χ3v) is 8.21. The molecule has 0 radical (unpaired) electrons. The molecule has 0 unspecified atom stereocenters. The molecule has 8 nitrogen and oxygen atoms in total. The van der Waals surface area contributed by atoms with E-state index in [1.54, 1.807) is 36.9 Å². The average molecular weight is 528 g/mol. The van der Waals surface area contributed by atoms with Gasteiger partial charge in [-0.3, -0.25) is 4.79 Å². The van der Waals surface area contributed by atoms with Gasteiger partial charge in [0.1, 0.15) is 16.5 Å². The van der Waals surface area contributed by atoms with Crippen molar-refractivity contribution in [3.63, 3.8) is 0 Å². The Morgan fingerprint density at radius 1 is 1.14 bits per heavy atom. The van der Waals surface area contributed by atoms with Gasteiger partial charge in [-0.15, -0.1) is 11.8 Å². The number of hydrogen-bond acceptors (Lipinski definition) is 7. The van der Waals surface area contributed by atoms with E-state index in [2.05, 4.69) is 6.92 Å². The van der Waals surface area contributed by atoms with Gasteiger partial charge in [-0.2, -0.15) is 0 Å². The summed E-state index contributed by atoms with van der Waals surface area (Å²) < 4.78 is 34.4. The Bertz CT molecular complexity index is 1360. The smallest absolute Gasteiger partial charge is 0.421 e. The summed E-state index contributed by atoms with van der Waals surface area (Å²) in [5.74, 6) is 1.82. The van der Waals surface area contributed by atoms with Gasteiger partial charge in [-0.05, 0) is 30.5 Å². The SMILES string of the molecule is CCCCc1nc2c(n1Cc1ccc(-c3ccccc3S(=O)(=O)NC(=O)OCC)cc1)C(=O)CCS2. The Labute approximate surface area is 215 Å². The first kappa shape index (κ1) is 26.0. The molecule has 36 heavy (non-hydrogen) atoms. The van der Waals surface area contributed by atoms with Crippen LogP contribution in [0, 0.1) is 0 Å². The monoisotopic (exact) mass is 527 g/mol. The topological polar surface area (TPSA) is 107 Å². The van der Waals surface area contributed by atoms with Crippen molar-refractivity contribution in [1.82, 2.24) is 14.3 Å². The quantitative estimate of drug-likeness (QED) is 0.415. The number of nitrogens with one attached hydrogen (secondary N) is 1. The van der Waals surface area contributed by atoms with Crippen LogP contribution < -0.4 is 4.72 Å². The molecule has 0 saturated heterocycles. The normalized spacial score (nSPS) is 13.3. The van der Waals surface area contributed by atoms with Gasteiger partial charge in [0.05, 0.1) is 11.5 Å². The van der Waals surface area contributed by atoms with E-state index >= 15 is 0 Å². The number of Topliss-reactive ketones (excluding diaryl/α,β-unsaturated/α-hetero) is 1. The molecule has 190 valence electrons. The summed E-state index contributed by atoms with van der Waals surface area (Å²) in [6, 6.07) is 14.0. The van der Waals surface area contributed by atoms with Crippen LogP contribution in [-0.2, 0) is 27.7 Å². The van der Waals surface area contributed by atoms with Gasteiger partial charge in [0.15, 0.2) is 5.78 Å². The fraction of sp³-hybridized carbons (Fsp3) is 0.346. The van der Waals surface area contributed by atoms with Crippen LogP contribution in [0.3, 0.4) is 0 Å². The highest BCUT2D eigenvalue weighted by Crippen LogP contribution is 2.32. The Morgan fingerprint density at radius 3 is 2.61 bits per heavy atom. The third kappa shape index (κ3) is 5.65. The molecule has 2 heterocycles. The van der Waals surface area contributed by atoms with E-state index in [0.717, 1.165) is 41.4 Å². The second-order valence-corrected chi connectivity index (χ2v) is 11.1. The second kappa shape index (κ2) is 11.3. The maximum absolute atomic E-state index is 12.8. The van der Waals surface area contributed by atoms with Crippen molar-refractivity contribution in [3.8, 4) is 11.1 Å². The number of unbranched alkanes of at least 4 members (excludes halogenated alkanes) is 1. The molecular weight excluding hydrogens is 498 g/mol. The molecular formula is C26H29N3O5S2. The summed E-state index contributed by atoms with van der Waals surface area (Å²) in [4.78, 5) is 29.2. The van der Waals surface area contributed by atoms with Crippen molar-refractivity contribution in [3.05, 3.63) is 65.6 Å². The zero-order valence-corrected chi connectivity index (χ0v) is 22.0. The van der Waals surface area contributed by atoms with Crippen LogP contribution in [0.1, 0.15) is 55.0 Å². The number of thioether (sulfide) groups is 1. The summed E-state index contributed by atoms with van der Waals surface area (Å²) in [6.07, 6.45) is 2.35. The maximum Gasteiger partial charge on any atom is 0.421 e. The standard InChI is InChI=1S/C26H29N3O5S2/c1-3-5-10-23-27-25-24(21(30)15-16-35-25)29(23)17-18-11-13-19(14-12-18)20-8-6-7-9-22(20)36(32,33)28-26(31)34-4-2/h6-9,11-14H,3-5,10,15-17H2,1-2H3,(H,28,31). The minimum atomic E-state index is -4.12. The third-order valence-electron chi connectivity index (χ3n) is 5.88. The van der Waals surface area contributed by atoms with E-state index in [9.17, 15) is 18.0 Å². The molecule has 0 atom stereocenters. The molecule has 1 N–H and O–H groups in total. The highest BCUT2D eigenvalue weighted by Gasteiger charge is 2.27. The summed E-state index contributed by atoms with van der Waals surface area (Å²) >= 11 is 1.63. The summed E-state index contributed by atoms with van der Waals surface area (Å²) in [5.41, 5.74) is 2.83. The number of amides is 1. The van der Waals surface area contributed by atoms with Crippen molar-refractivity contribution in [2.75, 3.05) is 12.4 Å². The Kier molecular flexibility index (Phi) is 8.15. The Balaban J connectivity index is 1.62. The minimum Gasteiger partial charge on any atom is -0.449 e. The van der Waals surface area contributed by atoms with Gasteiger partial charge in [-0.1, -0.05) is 55.8 Å². The van der Waals surface area contributed by atoms with Crippen LogP contribution in [-0.4, -0.2) is 42.2 Å². The molecule has 0 aliphatic carbocycles. The van der Waals surface area contributed by atoms with E-state index in [1.807, 2.05) is 33.6 Å². The van der Waals surface area contributed by atoms with Crippen LogP contribution in [0.25, 0.3) is 11.1 Å². The molecule has 10 heteroatoms. The predicted octanol–water partition coefficient (Wildman–Crippen LogP) is 5.05. The first-order chi connectivity index (χ1) is 17.3. The summed E-state index contributed by atoms with van der Waals surface area (Å²) in [5, 5.41) is 0.821. The van der Waals surface area contributed by atoms with Crippen LogP contribution in [0.5, 0.6) is 0 Å². The fourth-order valence-electron chi connectivity index (χ4n) is 4.14. The van der Waals surface area contributed by atoms with Crippen molar-refractivity contribution in [2.24, 2.45) is 0 Å². The van der Waals surface area contributed by atoms with Gasteiger partial charge in [0.25, 0.3) is 10.0 Å². The molecule has 1 amide bonds. The Hall–Kier alpha value is -3.11. The molecule has 1 aliphatic rings. The number of ketones is 1. The van der Waals surface area contributed by atoms with E-state index in [0.29, 0.717) is 29.8 Å². The first-order valence-electron chi connectivity index (χ1n) is 12.0. The maximum atomic E-state index is 12.8. The van der Waals surface area contributed by atoms with Gasteiger partial charge >= 0.3 is 6.09 Å². The van der Waals surface area contributed by atoms with Crippen molar-refractivity contribution >= 4 is 33.7 Å². The number of sulfonamides is 1. The number of imidazole rings is 1. The molecule has 0 fully saturated rings. The number of ether oxygens (including phenoxy) is 1. The van der Waals surface area contributed by atoms with E-state index in [4.69, 9.17) is 9.72 Å². The van der Waals surface area contributed by atoms with E-state index in [1.165, 1.54) is 6.07 Å². The highest BCUT2D eigenvalue weighted by atomic mass is 32.2. The number of fused-ring (bicyclic) bond motifs is 1. The van der Waals surface area contributed by atoms with E-state index < -0.39 is 16.1 Å². The van der Waals surface area contributed by atoms with Crippen LogP contribution in [0.15, 0.2) is 58.5 Å². The molecule has 1 aromatic heterocycles. The lowest BCUT2D eigenvalue weighted by molar-refractivity contribution is 0.0975. The lowest BCUT2D eigenvalue weighted by Gasteiger charge is -2.15. The number of benzene rings is 2. The molecule has 2 aromatic carbocycles. The highest BCUT2D eigenvalue weighted by molar-refractivity contribution is 7.99. The molecule has 0 bridgehead atoms. The number of aryl methyl sites for hydroxylation is 1. The average Bonchev–Trinajstić information content (AvgIpc) is 3.21. The number of carbonyl (C=O) groups excluding carboxylic acids is 2. The van der Waals surface area contributed by atoms with E-state index in [-0.39, 0.29) is 17.3 Å². The minimum absolute atomic E-state index is 0.0149. The molecule has 3 aromatic rings. The van der Waals surface area contributed by atoms with Crippen molar-refractivity contribution in [2.45, 2.75) is 56.0 Å². The van der Waals surface area contributed by atoms with Gasteiger partial charge < -0.3 is 9.30 Å². The predicted molar refractivity (Wildman–Crippen MR) is 139 cm³/mol. The van der Waals surface area contributed by atoms with Gasteiger partial charge in [0, 0.05) is 30.7 Å². The van der Waals surface area contributed by atoms with Gasteiger partial charge in [-0.25, -0.2) is 22.9 Å². The second-order valence-electron chi connectivity index (χ2n) is 8.41. The van der Waals surface area contributed by atoms with Crippen molar-refractivity contribution in [1.29, 1.82) is 0 Å². The summed E-state index contributed by atoms with van der Waals surface area (Å²) in [7, 11) is -4.12. The van der Waals surface area contributed by atoms with Crippen molar-refractivity contribution < 1.29 is 22.7 Å². The lowest BCUT2D eigenvalue weighted by Crippen LogP contribution is -2.31. The number of aromatic nitrogens is 2. The van der Waals surface area contributed by atoms with Crippen LogP contribution in [0.2, 0.25) is 0 Å². The van der Waals surface area contributed by atoms with Gasteiger partial charge in [0.2, 0.25) is 0 Å². The molecule has 4 rings (SSSR count). The number of hydrogen-bond donors (Lipinski definition) is 1. The molecule has 0 saturated carbocycles. The lowest BCUT2D eigenvalue weighted by atomic mass is 10.0. The van der Waals surface area contributed by atoms with Crippen LogP contribution >= 0.6 is 11.8 Å².